The number of Topliss-reactive ketones (excluding diaryl/α,β-unsaturated/α-hetero) is 1. The van der Waals surface area contributed by atoms with Gasteiger partial charge in [0, 0.05) is 23.1 Å². The summed E-state index contributed by atoms with van der Waals surface area (Å²) in [6, 6.07) is 10.3. The molecule has 3 N–H and O–H groups in total. The smallest absolute Gasteiger partial charge is 0.311 e. The Hall–Kier alpha value is -4.06. The highest BCUT2D eigenvalue weighted by atomic mass is 32.2. The maximum Gasteiger partial charge on any atom is 0.311 e. The molecule has 1 unspecified atom stereocenters. The van der Waals surface area contributed by atoms with E-state index in [0.717, 1.165) is 11.3 Å². The van der Waals surface area contributed by atoms with Crippen LogP contribution in [0, 0.1) is 11.3 Å². The molecule has 44 heavy (non-hydrogen) atoms. The predicted octanol–water partition coefficient (Wildman–Crippen LogP) is 5.26. The Morgan fingerprint density at radius 3 is 2.73 bits per heavy atom. The summed E-state index contributed by atoms with van der Waals surface area (Å²) in [5.41, 5.74) is 10.8. The van der Waals surface area contributed by atoms with Gasteiger partial charge in [-0.25, -0.2) is 4.98 Å². The fraction of sp³-hybridized carbons (Fsp3) is 0.367. The Labute approximate surface area is 267 Å². The second-order valence-electron chi connectivity index (χ2n) is 10.5. The van der Waals surface area contributed by atoms with Gasteiger partial charge in [0.15, 0.2) is 15.3 Å². The molecule has 1 aromatic carbocycles. The maximum atomic E-state index is 13.4. The van der Waals surface area contributed by atoms with E-state index in [-0.39, 0.29) is 35.7 Å². The lowest BCUT2D eigenvalue weighted by Crippen LogP contribution is -2.38. The zero-order valence-electron chi connectivity index (χ0n) is 24.5. The van der Waals surface area contributed by atoms with Crippen molar-refractivity contribution in [1.82, 2.24) is 15.2 Å². The number of nitrogens with zero attached hydrogens (tertiary/aromatic N) is 5. The molecule has 0 saturated carbocycles. The summed E-state index contributed by atoms with van der Waals surface area (Å²) in [6.07, 6.45) is 1.72. The first-order chi connectivity index (χ1) is 21.2. The Morgan fingerprint density at radius 2 is 2.02 bits per heavy atom. The molecule has 2 aliphatic rings. The highest BCUT2D eigenvalue weighted by Crippen LogP contribution is 2.47. The summed E-state index contributed by atoms with van der Waals surface area (Å²) in [6.45, 7) is 6.26. The van der Waals surface area contributed by atoms with E-state index in [1.165, 1.54) is 40.0 Å². The lowest BCUT2D eigenvalue weighted by Gasteiger charge is -2.38. The normalized spacial score (nSPS) is 16.7. The SMILES string of the molecule is CCOC(=O)Cc1csc(NC(=O)CSc2nnc(N3C(N)=C(C#N)C(c4ccc(C(C)C)cc4)C4=C3CCCC4=O)s2)n1. The van der Waals surface area contributed by atoms with Crippen LogP contribution in [0.2, 0.25) is 0 Å². The van der Waals surface area contributed by atoms with E-state index in [1.807, 2.05) is 24.3 Å². The van der Waals surface area contributed by atoms with Crippen molar-refractivity contribution in [3.63, 3.8) is 0 Å². The fourth-order valence-corrected chi connectivity index (χ4v) is 7.56. The van der Waals surface area contributed by atoms with Crippen LogP contribution in [0.4, 0.5) is 10.3 Å². The number of benzene rings is 1. The van der Waals surface area contributed by atoms with Crippen molar-refractivity contribution < 1.29 is 19.1 Å². The van der Waals surface area contributed by atoms with E-state index >= 15 is 0 Å². The molecule has 1 atom stereocenters. The number of carbonyl (C=O) groups excluding carboxylic acids is 3. The van der Waals surface area contributed by atoms with Crippen molar-refractivity contribution in [3.05, 3.63) is 69.1 Å². The summed E-state index contributed by atoms with van der Waals surface area (Å²) < 4.78 is 5.46. The number of carbonyl (C=O) groups is 3. The third-order valence-electron chi connectivity index (χ3n) is 7.19. The molecule has 0 spiro atoms. The summed E-state index contributed by atoms with van der Waals surface area (Å²) in [5, 5.41) is 24.1. The number of ether oxygens (including phenoxy) is 1. The molecular weight excluding hydrogens is 619 g/mol. The maximum absolute atomic E-state index is 13.4. The van der Waals surface area contributed by atoms with Gasteiger partial charge in [0.25, 0.3) is 0 Å². The molecule has 0 bridgehead atoms. The summed E-state index contributed by atoms with van der Waals surface area (Å²) in [7, 11) is 0. The number of anilines is 2. The average Bonchev–Trinajstić information content (AvgIpc) is 3.65. The summed E-state index contributed by atoms with van der Waals surface area (Å²) in [5.74, 6) is -0.579. The van der Waals surface area contributed by atoms with Gasteiger partial charge in [-0.05, 0) is 36.8 Å². The molecule has 0 fully saturated rings. The number of hydrogen-bond donors (Lipinski definition) is 2. The molecule has 5 rings (SSSR count). The number of nitrogens with one attached hydrogen (secondary N) is 1. The van der Waals surface area contributed by atoms with Gasteiger partial charge in [-0.2, -0.15) is 5.26 Å². The van der Waals surface area contributed by atoms with E-state index in [4.69, 9.17) is 10.5 Å². The Bertz CT molecular complexity index is 1680. The molecule has 1 aliphatic heterocycles. The van der Waals surface area contributed by atoms with Crippen LogP contribution in [-0.2, 0) is 25.5 Å². The lowest BCUT2D eigenvalue weighted by molar-refractivity contribution is -0.142. The van der Waals surface area contributed by atoms with Crippen molar-refractivity contribution in [3.8, 4) is 6.07 Å². The van der Waals surface area contributed by atoms with Crippen molar-refractivity contribution in [2.45, 2.75) is 62.6 Å². The number of allylic oxidation sites excluding steroid dienone is 3. The molecule has 14 heteroatoms. The van der Waals surface area contributed by atoms with E-state index in [0.29, 0.717) is 63.2 Å². The van der Waals surface area contributed by atoms with Crippen molar-refractivity contribution in [2.75, 3.05) is 22.6 Å². The molecule has 2 aromatic heterocycles. The highest BCUT2D eigenvalue weighted by Gasteiger charge is 2.41. The second kappa shape index (κ2) is 13.7. The summed E-state index contributed by atoms with van der Waals surface area (Å²) >= 11 is 3.66. The minimum atomic E-state index is -0.547. The van der Waals surface area contributed by atoms with Crippen molar-refractivity contribution in [1.29, 1.82) is 5.26 Å². The number of rotatable bonds is 10. The minimum absolute atomic E-state index is 0.00202. The molecule has 1 aliphatic carbocycles. The molecule has 1 amide bonds. The van der Waals surface area contributed by atoms with E-state index < -0.39 is 5.92 Å². The molecule has 3 aromatic rings. The standard InChI is InChI=1S/C30H31N7O4S3/c1-4-41-24(40)12-19-14-42-28(33-19)34-23(39)15-43-30-36-35-29(44-30)37-21-6-5-7-22(38)26(21)25(20(13-31)27(37)32)18-10-8-17(9-11-18)16(2)3/h8-11,14,16,25H,4-7,12,15,32H2,1-3H3,(H,33,34,39). The Kier molecular flexibility index (Phi) is 9.77. The zero-order chi connectivity index (χ0) is 31.4. The van der Waals surface area contributed by atoms with Gasteiger partial charge in [-0.1, -0.05) is 61.2 Å². The average molecular weight is 650 g/mol. The van der Waals surface area contributed by atoms with Crippen LogP contribution >= 0.6 is 34.4 Å². The molecule has 228 valence electrons. The number of aromatic nitrogens is 3. The minimum Gasteiger partial charge on any atom is -0.466 e. The highest BCUT2D eigenvalue weighted by molar-refractivity contribution is 8.01. The van der Waals surface area contributed by atoms with Crippen LogP contribution in [0.3, 0.4) is 0 Å². The van der Waals surface area contributed by atoms with Gasteiger partial charge < -0.3 is 15.8 Å². The van der Waals surface area contributed by atoms with Crippen LogP contribution in [0.15, 0.2) is 56.6 Å². The van der Waals surface area contributed by atoms with E-state index in [1.54, 1.807) is 17.2 Å². The number of ketones is 1. The third-order valence-corrected chi connectivity index (χ3v) is 10.0. The summed E-state index contributed by atoms with van der Waals surface area (Å²) in [4.78, 5) is 43.6. The van der Waals surface area contributed by atoms with Gasteiger partial charge in [-0.15, -0.1) is 21.5 Å². The quantitative estimate of drug-likeness (QED) is 0.217. The van der Waals surface area contributed by atoms with Crippen molar-refractivity contribution in [2.24, 2.45) is 5.73 Å². The first-order valence-corrected chi connectivity index (χ1v) is 16.8. The van der Waals surface area contributed by atoms with Crippen molar-refractivity contribution >= 4 is 62.4 Å². The Balaban J connectivity index is 1.33. The number of amides is 1. The number of esters is 1. The number of nitrogens with two attached hydrogens (primary N) is 1. The second-order valence-corrected chi connectivity index (χ2v) is 13.5. The topological polar surface area (TPSA) is 164 Å². The number of nitriles is 1. The lowest BCUT2D eigenvalue weighted by atomic mass is 9.75. The number of thioether (sulfide) groups is 1. The van der Waals surface area contributed by atoms with Crippen LogP contribution in [-0.4, -0.2) is 45.2 Å². The van der Waals surface area contributed by atoms with Gasteiger partial charge in [-0.3, -0.25) is 19.3 Å². The van der Waals surface area contributed by atoms with Gasteiger partial charge in [0.05, 0.1) is 42.0 Å². The zero-order valence-corrected chi connectivity index (χ0v) is 26.9. The van der Waals surface area contributed by atoms with E-state index in [2.05, 4.69) is 40.4 Å². The van der Waals surface area contributed by atoms with E-state index in [9.17, 15) is 19.6 Å². The molecule has 0 radical (unpaired) electrons. The first-order valence-electron chi connectivity index (χ1n) is 14.1. The fourth-order valence-electron chi connectivity index (χ4n) is 5.15. The third kappa shape index (κ3) is 6.69. The van der Waals surface area contributed by atoms with Gasteiger partial charge in [0.1, 0.15) is 5.82 Å². The molecule has 11 nitrogen and oxygen atoms in total. The van der Waals surface area contributed by atoms with Gasteiger partial charge in [0.2, 0.25) is 11.0 Å². The van der Waals surface area contributed by atoms with Gasteiger partial charge >= 0.3 is 5.97 Å². The molecule has 0 saturated heterocycles. The van der Waals surface area contributed by atoms with Crippen LogP contribution in [0.1, 0.15) is 68.7 Å². The number of thiazole rings is 1. The Morgan fingerprint density at radius 1 is 1.25 bits per heavy atom. The largest absolute Gasteiger partial charge is 0.466 e. The predicted molar refractivity (Wildman–Crippen MR) is 170 cm³/mol. The van der Waals surface area contributed by atoms with Crippen LogP contribution < -0.4 is 16.0 Å². The molecule has 3 heterocycles. The number of hydrogen-bond acceptors (Lipinski definition) is 13. The van der Waals surface area contributed by atoms with Crippen LogP contribution in [0.5, 0.6) is 0 Å². The first kappa shape index (κ1) is 31.4. The van der Waals surface area contributed by atoms with Crippen LogP contribution in [0.25, 0.3) is 0 Å². The monoisotopic (exact) mass is 649 g/mol. The molecular formula is C30H31N7O4S3.